The second kappa shape index (κ2) is 5.78. The zero-order valence-electron chi connectivity index (χ0n) is 12.4. The van der Waals surface area contributed by atoms with Gasteiger partial charge >= 0.3 is 6.03 Å². The summed E-state index contributed by atoms with van der Waals surface area (Å²) in [6.07, 6.45) is 2.33. The van der Waals surface area contributed by atoms with Crippen molar-refractivity contribution in [3.8, 4) is 0 Å². The van der Waals surface area contributed by atoms with Crippen molar-refractivity contribution >= 4 is 11.9 Å². The van der Waals surface area contributed by atoms with Gasteiger partial charge in [0.05, 0.1) is 19.3 Å². The van der Waals surface area contributed by atoms with E-state index < -0.39 is 6.04 Å². The summed E-state index contributed by atoms with van der Waals surface area (Å²) in [6, 6.07) is -0.648. The number of carbonyl (C=O) groups excluding carboxylic acids is 2. The molecule has 2 bridgehead atoms. The van der Waals surface area contributed by atoms with Crippen molar-refractivity contribution in [3.05, 3.63) is 0 Å². The molecule has 0 aromatic rings. The summed E-state index contributed by atoms with van der Waals surface area (Å²) in [7, 11) is 3.50. The Morgan fingerprint density at radius 1 is 1.29 bits per heavy atom. The van der Waals surface area contributed by atoms with Gasteiger partial charge in [-0.05, 0) is 26.3 Å². The first-order valence-corrected chi connectivity index (χ1v) is 7.38. The van der Waals surface area contributed by atoms with Crippen molar-refractivity contribution in [3.63, 3.8) is 0 Å². The minimum absolute atomic E-state index is 0.0278. The molecule has 0 unspecified atom stereocenters. The van der Waals surface area contributed by atoms with E-state index in [1.54, 1.807) is 4.90 Å². The van der Waals surface area contributed by atoms with E-state index in [2.05, 4.69) is 10.4 Å². The fourth-order valence-corrected chi connectivity index (χ4v) is 3.34. The van der Waals surface area contributed by atoms with Crippen LogP contribution in [0.1, 0.15) is 19.3 Å². The number of amides is 3. The number of hydroxylamine groups is 3. The predicted molar refractivity (Wildman–Crippen MR) is 72.9 cm³/mol. The fraction of sp³-hybridized carbons (Fsp3) is 0.846. The van der Waals surface area contributed by atoms with E-state index in [1.807, 2.05) is 7.05 Å². The molecule has 1 N–H and O–H groups in total. The van der Waals surface area contributed by atoms with Crippen molar-refractivity contribution in [2.24, 2.45) is 0 Å². The average molecular weight is 298 g/mol. The van der Waals surface area contributed by atoms with Gasteiger partial charge in [0.25, 0.3) is 5.91 Å². The van der Waals surface area contributed by atoms with E-state index in [-0.39, 0.29) is 24.1 Å². The summed E-state index contributed by atoms with van der Waals surface area (Å²) in [5.41, 5.74) is 2.53. The molecule has 3 amide bonds. The number of nitrogens with one attached hydrogen (secondary N) is 1. The van der Waals surface area contributed by atoms with Gasteiger partial charge in [-0.15, -0.1) is 0 Å². The first-order chi connectivity index (χ1) is 10.1. The highest BCUT2D eigenvalue weighted by atomic mass is 16.7. The largest absolute Gasteiger partial charge is 0.345 e. The maximum atomic E-state index is 12.3. The molecule has 3 aliphatic heterocycles. The highest BCUT2D eigenvalue weighted by Gasteiger charge is 2.47. The van der Waals surface area contributed by atoms with Gasteiger partial charge in [-0.2, -0.15) is 5.06 Å². The lowest BCUT2D eigenvalue weighted by Gasteiger charge is -2.29. The quantitative estimate of drug-likeness (QED) is 0.713. The normalized spacial score (nSPS) is 32.9. The summed E-state index contributed by atoms with van der Waals surface area (Å²) in [4.78, 5) is 38.7. The lowest BCUT2D eigenvalue weighted by molar-refractivity contribution is -0.143. The van der Waals surface area contributed by atoms with Gasteiger partial charge in [0.15, 0.2) is 0 Å². The molecule has 0 saturated carbocycles. The molecular weight excluding hydrogens is 276 g/mol. The number of piperidine rings is 1. The molecule has 0 aliphatic carbocycles. The van der Waals surface area contributed by atoms with Gasteiger partial charge in [-0.3, -0.25) is 14.5 Å². The number of urea groups is 1. The highest BCUT2D eigenvalue weighted by molar-refractivity contribution is 5.87. The molecule has 118 valence electrons. The van der Waals surface area contributed by atoms with Gasteiger partial charge in [-0.1, -0.05) is 0 Å². The Balaban J connectivity index is 1.54. The standard InChI is InChI=1S/C13H22N4O4/c1-15-6-5-10(8-15)21-14-12(18)11-4-3-9-7-16(11)13(19)17(9)20-2/h9-11H,3-8H2,1-2H3,(H,14,18)/t9-,10+,11+/m1/s1. The molecule has 0 radical (unpaired) electrons. The van der Waals surface area contributed by atoms with Crippen LogP contribution in [0.5, 0.6) is 0 Å². The third-order valence-corrected chi connectivity index (χ3v) is 4.50. The SMILES string of the molecule is CON1C(=O)N2C[C@H]1CC[C@H]2C(=O)NO[C@H]1CCN(C)C1. The zero-order valence-corrected chi connectivity index (χ0v) is 12.4. The first kappa shape index (κ1) is 14.6. The molecule has 0 spiro atoms. The average Bonchev–Trinajstić information content (AvgIpc) is 3.00. The van der Waals surface area contributed by atoms with Gasteiger partial charge in [0.1, 0.15) is 6.04 Å². The Kier molecular flexibility index (Phi) is 4.01. The Hall–Kier alpha value is -1.38. The Morgan fingerprint density at radius 3 is 2.76 bits per heavy atom. The summed E-state index contributed by atoms with van der Waals surface area (Å²) >= 11 is 0. The molecule has 8 heteroatoms. The van der Waals surface area contributed by atoms with Gasteiger partial charge < -0.3 is 9.80 Å². The molecule has 3 saturated heterocycles. The maximum Gasteiger partial charge on any atom is 0.345 e. The second-order valence-electron chi connectivity index (χ2n) is 5.95. The lowest BCUT2D eigenvalue weighted by Crippen LogP contribution is -2.50. The molecule has 3 fully saturated rings. The molecule has 3 aliphatic rings. The molecule has 3 rings (SSSR count). The number of likely N-dealkylation sites (tertiary alicyclic amines) is 1. The number of fused-ring (bicyclic) bond motifs is 2. The number of likely N-dealkylation sites (N-methyl/N-ethyl adjacent to an activating group) is 1. The van der Waals surface area contributed by atoms with Crippen LogP contribution in [-0.4, -0.2) is 78.8 Å². The van der Waals surface area contributed by atoms with Crippen LogP contribution in [-0.2, 0) is 14.5 Å². The van der Waals surface area contributed by atoms with Crippen molar-refractivity contribution in [2.45, 2.75) is 37.5 Å². The van der Waals surface area contributed by atoms with Gasteiger partial charge in [-0.25, -0.2) is 10.3 Å². The van der Waals surface area contributed by atoms with E-state index in [9.17, 15) is 9.59 Å². The molecule has 3 atom stereocenters. The van der Waals surface area contributed by atoms with Crippen LogP contribution in [0.25, 0.3) is 0 Å². The smallest absolute Gasteiger partial charge is 0.309 e. The lowest BCUT2D eigenvalue weighted by atomic mass is 10.0. The summed E-state index contributed by atoms with van der Waals surface area (Å²) in [5.74, 6) is -0.241. The topological polar surface area (TPSA) is 74.3 Å². The van der Waals surface area contributed by atoms with Crippen LogP contribution < -0.4 is 5.48 Å². The summed E-state index contributed by atoms with van der Waals surface area (Å²) in [6.45, 7) is 2.32. The predicted octanol–water partition coefficient (Wildman–Crippen LogP) is -0.432. The van der Waals surface area contributed by atoms with Crippen LogP contribution in [0.15, 0.2) is 0 Å². The summed E-state index contributed by atoms with van der Waals surface area (Å²) < 4.78 is 0. The second-order valence-corrected chi connectivity index (χ2v) is 5.95. The van der Waals surface area contributed by atoms with Crippen LogP contribution in [0, 0.1) is 0 Å². The number of carbonyl (C=O) groups is 2. The molecule has 3 heterocycles. The molecular formula is C13H22N4O4. The van der Waals surface area contributed by atoms with Crippen LogP contribution >= 0.6 is 0 Å². The van der Waals surface area contributed by atoms with Crippen LogP contribution in [0.4, 0.5) is 4.79 Å². The molecule has 21 heavy (non-hydrogen) atoms. The summed E-state index contributed by atoms with van der Waals surface area (Å²) in [5, 5.41) is 1.36. The third-order valence-electron chi connectivity index (χ3n) is 4.50. The third kappa shape index (κ3) is 2.70. The van der Waals surface area contributed by atoms with Gasteiger partial charge in [0.2, 0.25) is 0 Å². The first-order valence-electron chi connectivity index (χ1n) is 7.38. The van der Waals surface area contributed by atoms with E-state index in [0.717, 1.165) is 25.9 Å². The van der Waals surface area contributed by atoms with Crippen LogP contribution in [0.2, 0.25) is 0 Å². The maximum absolute atomic E-state index is 12.3. The van der Waals surface area contributed by atoms with Crippen molar-refractivity contribution in [2.75, 3.05) is 33.8 Å². The zero-order chi connectivity index (χ0) is 15.0. The molecule has 8 nitrogen and oxygen atoms in total. The minimum Gasteiger partial charge on any atom is -0.309 e. The van der Waals surface area contributed by atoms with Crippen molar-refractivity contribution < 1.29 is 19.3 Å². The minimum atomic E-state index is -0.465. The monoisotopic (exact) mass is 298 g/mol. The van der Waals surface area contributed by atoms with E-state index in [0.29, 0.717) is 13.0 Å². The number of hydrogen-bond acceptors (Lipinski definition) is 5. The van der Waals surface area contributed by atoms with Crippen molar-refractivity contribution in [1.29, 1.82) is 0 Å². The fourth-order valence-electron chi connectivity index (χ4n) is 3.34. The Morgan fingerprint density at radius 2 is 2.10 bits per heavy atom. The highest BCUT2D eigenvalue weighted by Crippen LogP contribution is 2.29. The number of nitrogens with zero attached hydrogens (tertiary/aromatic N) is 3. The Labute approximate surface area is 123 Å². The molecule has 0 aromatic heterocycles. The number of hydrogen-bond donors (Lipinski definition) is 1. The molecule has 0 aromatic carbocycles. The van der Waals surface area contributed by atoms with E-state index in [4.69, 9.17) is 9.68 Å². The van der Waals surface area contributed by atoms with E-state index >= 15 is 0 Å². The van der Waals surface area contributed by atoms with Crippen LogP contribution in [0.3, 0.4) is 0 Å². The Bertz CT molecular complexity index is 432. The van der Waals surface area contributed by atoms with E-state index in [1.165, 1.54) is 12.2 Å². The van der Waals surface area contributed by atoms with Gasteiger partial charge in [0, 0.05) is 19.6 Å². The number of rotatable bonds is 4. The van der Waals surface area contributed by atoms with Crippen molar-refractivity contribution in [1.82, 2.24) is 20.3 Å².